The summed E-state index contributed by atoms with van der Waals surface area (Å²) in [6, 6.07) is 30.3. The number of ether oxygens (including phenoxy) is 4. The first kappa shape index (κ1) is 35.2. The summed E-state index contributed by atoms with van der Waals surface area (Å²) in [6.07, 6.45) is 0. The second-order valence-electron chi connectivity index (χ2n) is 10.4. The Morgan fingerprint density at radius 2 is 0.957 bits per heavy atom. The molecule has 0 aliphatic rings. The number of hydrogen-bond donors (Lipinski definition) is 0. The van der Waals surface area contributed by atoms with Gasteiger partial charge in [0, 0.05) is 51.5 Å². The minimum atomic E-state index is -0.152. The molecule has 0 radical (unpaired) electrons. The maximum absolute atomic E-state index is 14.0. The van der Waals surface area contributed by atoms with Crippen LogP contribution in [0.25, 0.3) is 0 Å². The Morgan fingerprint density at radius 1 is 0.565 bits per heavy atom. The number of methoxy groups -OCH3 is 2. The monoisotopic (exact) mass is 752 g/mol. The summed E-state index contributed by atoms with van der Waals surface area (Å²) in [5.41, 5.74) is 3.00. The lowest BCUT2D eigenvalue weighted by Crippen LogP contribution is -2.40. The van der Waals surface area contributed by atoms with Gasteiger partial charge in [0.15, 0.2) is 0 Å². The van der Waals surface area contributed by atoms with E-state index in [2.05, 4.69) is 31.9 Å². The number of rotatable bonds is 17. The van der Waals surface area contributed by atoms with Gasteiger partial charge < -0.3 is 28.7 Å². The summed E-state index contributed by atoms with van der Waals surface area (Å²) in [5.74, 6) is 0.953. The number of nitrogens with zero attached hydrogens (tertiary/aromatic N) is 2. The molecule has 0 aromatic heterocycles. The Morgan fingerprint density at radius 3 is 1.30 bits per heavy atom. The van der Waals surface area contributed by atoms with Gasteiger partial charge in [-0.2, -0.15) is 0 Å². The normalized spacial score (nSPS) is 10.8. The molecular formula is C36H38Br2N2O6. The van der Waals surface area contributed by atoms with E-state index < -0.39 is 0 Å². The highest BCUT2D eigenvalue weighted by Crippen LogP contribution is 2.28. The van der Waals surface area contributed by atoms with E-state index in [9.17, 15) is 9.59 Å². The predicted molar refractivity (Wildman–Crippen MR) is 185 cm³/mol. The molecule has 242 valence electrons. The van der Waals surface area contributed by atoms with Crippen molar-refractivity contribution in [2.24, 2.45) is 0 Å². The zero-order valence-corrected chi connectivity index (χ0v) is 29.2. The molecule has 0 N–H and O–H groups in total. The zero-order chi connectivity index (χ0) is 32.7. The van der Waals surface area contributed by atoms with Crippen LogP contribution in [0.4, 0.5) is 0 Å². The van der Waals surface area contributed by atoms with Crippen LogP contribution in [-0.4, -0.2) is 75.4 Å². The maximum atomic E-state index is 14.0. The van der Waals surface area contributed by atoms with Gasteiger partial charge in [0.2, 0.25) is 0 Å². The fraction of sp³-hybridized carbons (Fsp3) is 0.278. The quantitative estimate of drug-likeness (QED) is 0.106. The number of carbonyl (C=O) groups excluding carboxylic acids is 2. The van der Waals surface area contributed by atoms with Gasteiger partial charge >= 0.3 is 0 Å². The van der Waals surface area contributed by atoms with Crippen LogP contribution in [0.5, 0.6) is 11.5 Å². The van der Waals surface area contributed by atoms with E-state index in [-0.39, 0.29) is 11.8 Å². The number of benzene rings is 4. The van der Waals surface area contributed by atoms with Crippen LogP contribution in [-0.2, 0) is 22.6 Å². The van der Waals surface area contributed by atoms with Crippen molar-refractivity contribution in [3.63, 3.8) is 0 Å². The van der Waals surface area contributed by atoms with Gasteiger partial charge in [-0.1, -0.05) is 60.7 Å². The summed E-state index contributed by atoms with van der Waals surface area (Å²) in [7, 11) is 3.23. The third-order valence-electron chi connectivity index (χ3n) is 7.09. The van der Waals surface area contributed by atoms with Gasteiger partial charge in [0.1, 0.15) is 24.7 Å². The minimum Gasteiger partial charge on any atom is -0.490 e. The van der Waals surface area contributed by atoms with Crippen LogP contribution in [0.15, 0.2) is 106 Å². The molecule has 4 aromatic carbocycles. The molecule has 0 saturated heterocycles. The summed E-state index contributed by atoms with van der Waals surface area (Å²) in [4.78, 5) is 31.5. The molecule has 0 bridgehead atoms. The first-order chi connectivity index (χ1) is 22.4. The largest absolute Gasteiger partial charge is 0.490 e. The minimum absolute atomic E-state index is 0.152. The Balaban J connectivity index is 1.57. The molecular weight excluding hydrogens is 716 g/mol. The molecule has 8 nitrogen and oxygen atoms in total. The van der Waals surface area contributed by atoms with E-state index in [1.165, 1.54) is 0 Å². The standard InChI is InChI=1S/C36H38Br2N2O6/c1-43-19-21-45-33-15-13-29(23-31(33)37)35(41)39(25-27-9-5-3-6-10-27)17-18-40(26-28-11-7-4-8-12-28)36(42)30-14-16-34(32(38)24-30)46-22-20-44-2/h3-16,23-24H,17-22,25-26H2,1-2H3. The van der Waals surface area contributed by atoms with E-state index in [4.69, 9.17) is 18.9 Å². The van der Waals surface area contributed by atoms with Crippen molar-refractivity contribution in [3.8, 4) is 11.5 Å². The summed E-state index contributed by atoms with van der Waals surface area (Å²) >= 11 is 7.10. The first-order valence-corrected chi connectivity index (χ1v) is 16.5. The van der Waals surface area contributed by atoms with Crippen molar-refractivity contribution >= 4 is 43.7 Å². The molecule has 0 saturated carbocycles. The topological polar surface area (TPSA) is 77.5 Å². The lowest BCUT2D eigenvalue weighted by atomic mass is 10.1. The molecule has 0 unspecified atom stereocenters. The average molecular weight is 755 g/mol. The van der Waals surface area contributed by atoms with Gasteiger partial charge in [-0.15, -0.1) is 0 Å². The Kier molecular flexibility index (Phi) is 14.1. The van der Waals surface area contributed by atoms with Crippen molar-refractivity contribution in [1.29, 1.82) is 0 Å². The van der Waals surface area contributed by atoms with E-state index in [0.717, 1.165) is 11.1 Å². The van der Waals surface area contributed by atoms with Crippen LogP contribution in [0.3, 0.4) is 0 Å². The van der Waals surface area contributed by atoms with Crippen LogP contribution < -0.4 is 9.47 Å². The molecule has 4 aromatic rings. The fourth-order valence-electron chi connectivity index (χ4n) is 4.69. The Bertz CT molecular complexity index is 1440. The van der Waals surface area contributed by atoms with Crippen molar-refractivity contribution in [1.82, 2.24) is 9.80 Å². The second kappa shape index (κ2) is 18.4. The van der Waals surface area contributed by atoms with Crippen molar-refractivity contribution in [3.05, 3.63) is 128 Å². The van der Waals surface area contributed by atoms with Crippen LogP contribution in [0.1, 0.15) is 31.8 Å². The molecule has 0 heterocycles. The van der Waals surface area contributed by atoms with Gasteiger partial charge in [-0.05, 0) is 79.4 Å². The third-order valence-corrected chi connectivity index (χ3v) is 8.33. The third kappa shape index (κ3) is 10.4. The summed E-state index contributed by atoms with van der Waals surface area (Å²) < 4.78 is 23.0. The molecule has 0 fully saturated rings. The highest BCUT2D eigenvalue weighted by Gasteiger charge is 2.22. The predicted octanol–water partition coefficient (Wildman–Crippen LogP) is 7.25. The van der Waals surface area contributed by atoms with Crippen LogP contribution in [0, 0.1) is 0 Å². The number of carbonyl (C=O) groups is 2. The van der Waals surface area contributed by atoms with Gasteiger partial charge in [0.25, 0.3) is 11.8 Å². The highest BCUT2D eigenvalue weighted by molar-refractivity contribution is 9.10. The molecule has 0 aliphatic carbocycles. The highest BCUT2D eigenvalue weighted by atomic mass is 79.9. The maximum Gasteiger partial charge on any atom is 0.254 e. The number of halogens is 2. The van der Waals surface area contributed by atoms with Crippen LogP contribution in [0.2, 0.25) is 0 Å². The van der Waals surface area contributed by atoms with Gasteiger partial charge in [-0.25, -0.2) is 0 Å². The molecule has 10 heteroatoms. The van der Waals surface area contributed by atoms with Gasteiger partial charge in [-0.3, -0.25) is 9.59 Å². The van der Waals surface area contributed by atoms with Crippen molar-refractivity contribution < 1.29 is 28.5 Å². The summed E-state index contributed by atoms with van der Waals surface area (Å²) in [6.45, 7) is 3.11. The fourth-order valence-corrected chi connectivity index (χ4v) is 5.68. The second-order valence-corrected chi connectivity index (χ2v) is 12.1. The smallest absolute Gasteiger partial charge is 0.254 e. The molecule has 0 spiro atoms. The Hall–Kier alpha value is -3.70. The molecule has 0 atom stereocenters. The Labute approximate surface area is 287 Å². The lowest BCUT2D eigenvalue weighted by molar-refractivity contribution is 0.0644. The first-order valence-electron chi connectivity index (χ1n) is 14.9. The SMILES string of the molecule is COCCOc1ccc(C(=O)N(CCN(Cc2ccccc2)C(=O)c2ccc(OCCOC)c(Br)c2)Cc2ccccc2)cc1Br. The molecule has 46 heavy (non-hydrogen) atoms. The zero-order valence-electron chi connectivity index (χ0n) is 26.0. The number of amides is 2. The molecule has 2 amide bonds. The summed E-state index contributed by atoms with van der Waals surface area (Å²) in [5, 5.41) is 0. The average Bonchev–Trinajstić information content (AvgIpc) is 3.08. The lowest BCUT2D eigenvalue weighted by Gasteiger charge is -2.29. The van der Waals surface area contributed by atoms with E-state index in [0.29, 0.717) is 84.2 Å². The van der Waals surface area contributed by atoms with Gasteiger partial charge in [0.05, 0.1) is 22.2 Å². The molecule has 4 rings (SSSR count). The van der Waals surface area contributed by atoms with E-state index in [1.54, 1.807) is 60.4 Å². The number of hydrogen-bond acceptors (Lipinski definition) is 6. The van der Waals surface area contributed by atoms with Crippen LogP contribution >= 0.6 is 31.9 Å². The van der Waals surface area contributed by atoms with E-state index >= 15 is 0 Å². The van der Waals surface area contributed by atoms with Crippen molar-refractivity contribution in [2.75, 3.05) is 53.7 Å². The van der Waals surface area contributed by atoms with E-state index in [1.807, 2.05) is 60.7 Å². The van der Waals surface area contributed by atoms with Crippen molar-refractivity contribution in [2.45, 2.75) is 13.1 Å². The molecule has 0 aliphatic heterocycles.